The van der Waals surface area contributed by atoms with Crippen molar-refractivity contribution in [3.63, 3.8) is 0 Å². The fourth-order valence-corrected chi connectivity index (χ4v) is 4.35. The fraction of sp³-hybridized carbons (Fsp3) is 0.333. The molecule has 1 aliphatic heterocycles. The van der Waals surface area contributed by atoms with E-state index in [2.05, 4.69) is 43.8 Å². The van der Waals surface area contributed by atoms with E-state index in [1.54, 1.807) is 17.7 Å². The molecule has 1 aliphatic rings. The lowest BCUT2D eigenvalue weighted by Crippen LogP contribution is -2.31. The largest absolute Gasteiger partial charge is 0.368 e. The van der Waals surface area contributed by atoms with Gasteiger partial charge in [0.25, 0.3) is 0 Å². The summed E-state index contributed by atoms with van der Waals surface area (Å²) < 4.78 is 0. The van der Waals surface area contributed by atoms with Gasteiger partial charge in [-0.25, -0.2) is 9.97 Å². The number of anilines is 1. The molecular formula is C18H19ClN4S. The summed E-state index contributed by atoms with van der Waals surface area (Å²) in [5.74, 6) is 0.900. The Labute approximate surface area is 150 Å². The number of nitrogens with one attached hydrogen (secondary N) is 1. The average Bonchev–Trinajstić information content (AvgIpc) is 3.28. The third-order valence-corrected chi connectivity index (χ3v) is 5.74. The van der Waals surface area contributed by atoms with Gasteiger partial charge in [-0.05, 0) is 49.0 Å². The summed E-state index contributed by atoms with van der Waals surface area (Å²) in [7, 11) is 0. The van der Waals surface area contributed by atoms with Crippen LogP contribution in [0.1, 0.15) is 24.4 Å². The van der Waals surface area contributed by atoms with E-state index >= 15 is 0 Å². The van der Waals surface area contributed by atoms with Crippen molar-refractivity contribution in [2.75, 3.05) is 25.0 Å². The fourth-order valence-electron chi connectivity index (χ4n) is 3.36. The molecule has 0 spiro atoms. The predicted molar refractivity (Wildman–Crippen MR) is 101 cm³/mol. The van der Waals surface area contributed by atoms with Crippen LogP contribution < -0.4 is 5.32 Å². The molecular weight excluding hydrogens is 340 g/mol. The van der Waals surface area contributed by atoms with Crippen molar-refractivity contribution in [2.45, 2.75) is 18.9 Å². The molecule has 3 aromatic rings. The van der Waals surface area contributed by atoms with Gasteiger partial charge in [0.1, 0.15) is 17.0 Å². The molecule has 6 heteroatoms. The molecule has 1 fully saturated rings. The van der Waals surface area contributed by atoms with Crippen LogP contribution in [0.15, 0.2) is 42.0 Å². The van der Waals surface area contributed by atoms with Gasteiger partial charge in [-0.2, -0.15) is 0 Å². The molecule has 1 saturated heterocycles. The van der Waals surface area contributed by atoms with Gasteiger partial charge in [0.05, 0.1) is 11.4 Å². The van der Waals surface area contributed by atoms with Gasteiger partial charge in [0.2, 0.25) is 0 Å². The SMILES string of the molecule is Clc1ccccc1[C@@H](CNc1ncnc2sccc12)N1CCCC1. The normalized spacial score (nSPS) is 16.5. The smallest absolute Gasteiger partial charge is 0.138 e. The lowest BCUT2D eigenvalue weighted by molar-refractivity contribution is 0.256. The zero-order chi connectivity index (χ0) is 16.4. The van der Waals surface area contributed by atoms with Gasteiger partial charge in [0.15, 0.2) is 0 Å². The Kier molecular flexibility index (Phi) is 4.65. The Hall–Kier alpha value is -1.69. The number of rotatable bonds is 5. The molecule has 0 bridgehead atoms. The highest BCUT2D eigenvalue weighted by molar-refractivity contribution is 7.16. The molecule has 24 heavy (non-hydrogen) atoms. The molecule has 1 N–H and O–H groups in total. The maximum atomic E-state index is 6.48. The minimum Gasteiger partial charge on any atom is -0.368 e. The summed E-state index contributed by atoms with van der Waals surface area (Å²) >= 11 is 8.12. The monoisotopic (exact) mass is 358 g/mol. The highest BCUT2D eigenvalue weighted by atomic mass is 35.5. The maximum absolute atomic E-state index is 6.48. The molecule has 4 nitrogen and oxygen atoms in total. The van der Waals surface area contributed by atoms with Crippen LogP contribution in [0.5, 0.6) is 0 Å². The summed E-state index contributed by atoms with van der Waals surface area (Å²) in [5.41, 5.74) is 1.18. The quantitative estimate of drug-likeness (QED) is 0.724. The predicted octanol–water partition coefficient (Wildman–Crippen LogP) is 4.59. The lowest BCUT2D eigenvalue weighted by atomic mass is 10.1. The number of benzene rings is 1. The zero-order valence-electron chi connectivity index (χ0n) is 13.3. The van der Waals surface area contributed by atoms with Gasteiger partial charge in [0, 0.05) is 11.6 Å². The van der Waals surface area contributed by atoms with Gasteiger partial charge in [-0.3, -0.25) is 4.90 Å². The number of fused-ring (bicyclic) bond motifs is 1. The zero-order valence-corrected chi connectivity index (χ0v) is 14.9. The summed E-state index contributed by atoms with van der Waals surface area (Å²) in [6, 6.07) is 10.5. The summed E-state index contributed by atoms with van der Waals surface area (Å²) in [4.78, 5) is 12.3. The second-order valence-electron chi connectivity index (χ2n) is 6.02. The third-order valence-electron chi connectivity index (χ3n) is 4.57. The van der Waals surface area contributed by atoms with E-state index in [-0.39, 0.29) is 6.04 Å². The van der Waals surface area contributed by atoms with Crippen molar-refractivity contribution < 1.29 is 0 Å². The van der Waals surface area contributed by atoms with Crippen molar-refractivity contribution in [3.8, 4) is 0 Å². The Morgan fingerprint density at radius 3 is 2.83 bits per heavy atom. The van der Waals surface area contributed by atoms with Crippen molar-refractivity contribution in [1.29, 1.82) is 0 Å². The first-order chi connectivity index (χ1) is 11.8. The average molecular weight is 359 g/mol. The minimum atomic E-state index is 0.254. The van der Waals surface area contributed by atoms with Crippen molar-refractivity contribution in [1.82, 2.24) is 14.9 Å². The molecule has 0 unspecified atom stereocenters. The van der Waals surface area contributed by atoms with E-state index in [9.17, 15) is 0 Å². The lowest BCUT2D eigenvalue weighted by Gasteiger charge is -2.29. The number of hydrogen-bond acceptors (Lipinski definition) is 5. The van der Waals surface area contributed by atoms with Gasteiger partial charge < -0.3 is 5.32 Å². The number of thiophene rings is 1. The van der Waals surface area contributed by atoms with Gasteiger partial charge in [-0.15, -0.1) is 11.3 Å². The Morgan fingerprint density at radius 1 is 1.17 bits per heavy atom. The number of nitrogens with zero attached hydrogens (tertiary/aromatic N) is 3. The molecule has 0 radical (unpaired) electrons. The highest BCUT2D eigenvalue weighted by Gasteiger charge is 2.25. The van der Waals surface area contributed by atoms with E-state index in [1.165, 1.54) is 18.4 Å². The standard InChI is InChI=1S/C18H19ClN4S/c19-15-6-2-1-5-13(15)16(23-8-3-4-9-23)11-20-17-14-7-10-24-18(14)22-12-21-17/h1-2,5-7,10,12,16H,3-4,8-9,11H2,(H,20,21,22)/t16-/m1/s1. The minimum absolute atomic E-state index is 0.254. The second kappa shape index (κ2) is 7.05. The Morgan fingerprint density at radius 2 is 2.00 bits per heavy atom. The van der Waals surface area contributed by atoms with Crippen LogP contribution in [-0.4, -0.2) is 34.5 Å². The van der Waals surface area contributed by atoms with Crippen LogP contribution in [0.2, 0.25) is 5.02 Å². The van der Waals surface area contributed by atoms with Crippen LogP contribution >= 0.6 is 22.9 Å². The van der Waals surface area contributed by atoms with Crippen LogP contribution in [0.3, 0.4) is 0 Å². The summed E-state index contributed by atoms with van der Waals surface area (Å²) in [6.45, 7) is 3.02. The van der Waals surface area contributed by atoms with Crippen molar-refractivity contribution in [3.05, 3.63) is 52.6 Å². The topological polar surface area (TPSA) is 41.1 Å². The Balaban J connectivity index is 1.60. The molecule has 124 valence electrons. The summed E-state index contributed by atoms with van der Waals surface area (Å²) in [5, 5.41) is 7.50. The van der Waals surface area contributed by atoms with Crippen molar-refractivity contribution >= 4 is 39.0 Å². The van der Waals surface area contributed by atoms with E-state index < -0.39 is 0 Å². The number of hydrogen-bond donors (Lipinski definition) is 1. The first-order valence-electron chi connectivity index (χ1n) is 8.23. The van der Waals surface area contributed by atoms with E-state index in [4.69, 9.17) is 11.6 Å². The van der Waals surface area contributed by atoms with Crippen LogP contribution in [0.4, 0.5) is 5.82 Å². The first-order valence-corrected chi connectivity index (χ1v) is 9.49. The van der Waals surface area contributed by atoms with Gasteiger partial charge in [-0.1, -0.05) is 29.8 Å². The highest BCUT2D eigenvalue weighted by Crippen LogP contribution is 2.31. The number of halogens is 1. The molecule has 0 amide bonds. The van der Waals surface area contributed by atoms with Crippen LogP contribution in [0.25, 0.3) is 10.2 Å². The molecule has 3 heterocycles. The molecule has 1 atom stereocenters. The number of likely N-dealkylation sites (tertiary alicyclic amines) is 1. The summed E-state index contributed by atoms with van der Waals surface area (Å²) in [6.07, 6.45) is 4.13. The second-order valence-corrected chi connectivity index (χ2v) is 7.32. The molecule has 4 rings (SSSR count). The van der Waals surface area contributed by atoms with Crippen LogP contribution in [0, 0.1) is 0 Å². The van der Waals surface area contributed by atoms with E-state index in [1.807, 2.05) is 12.1 Å². The van der Waals surface area contributed by atoms with E-state index in [0.29, 0.717) is 0 Å². The van der Waals surface area contributed by atoms with Crippen LogP contribution in [-0.2, 0) is 0 Å². The molecule has 1 aromatic carbocycles. The van der Waals surface area contributed by atoms with Crippen molar-refractivity contribution in [2.24, 2.45) is 0 Å². The Bertz CT molecular complexity index is 829. The van der Waals surface area contributed by atoms with E-state index in [0.717, 1.165) is 40.7 Å². The molecule has 2 aromatic heterocycles. The molecule has 0 saturated carbocycles. The van der Waals surface area contributed by atoms with Gasteiger partial charge >= 0.3 is 0 Å². The number of aromatic nitrogens is 2. The third kappa shape index (κ3) is 3.11. The molecule has 0 aliphatic carbocycles. The maximum Gasteiger partial charge on any atom is 0.138 e. The first kappa shape index (κ1) is 15.8.